The van der Waals surface area contributed by atoms with Crippen LogP contribution in [0.4, 0.5) is 0 Å². The van der Waals surface area contributed by atoms with Gasteiger partial charge in [0.25, 0.3) is 0 Å². The second kappa shape index (κ2) is 4.87. The molecular formula is C13H18N2O2. The Bertz CT molecular complexity index is 366. The highest BCUT2D eigenvalue weighted by Gasteiger charge is 2.43. The molecule has 2 unspecified atom stereocenters. The maximum atomic E-state index is 11.9. The van der Waals surface area contributed by atoms with E-state index in [1.54, 1.807) is 6.92 Å². The number of carbonyl (C=O) groups excluding carboxylic acids is 2. The van der Waals surface area contributed by atoms with E-state index in [9.17, 15) is 14.9 Å². The van der Waals surface area contributed by atoms with Gasteiger partial charge >= 0.3 is 0 Å². The van der Waals surface area contributed by atoms with E-state index in [-0.39, 0.29) is 30.1 Å². The highest BCUT2D eigenvalue weighted by molar-refractivity contribution is 6.03. The van der Waals surface area contributed by atoms with Crippen LogP contribution in [0.2, 0.25) is 0 Å². The Hall–Kier alpha value is -1.37. The molecule has 0 radical (unpaired) electrons. The fraction of sp³-hybridized carbons (Fsp3) is 0.769. The van der Waals surface area contributed by atoms with Crippen molar-refractivity contribution in [3.8, 4) is 6.07 Å². The van der Waals surface area contributed by atoms with Gasteiger partial charge in [-0.15, -0.1) is 0 Å². The number of imide groups is 1. The Labute approximate surface area is 102 Å². The smallest absolute Gasteiger partial charge is 0.233 e. The van der Waals surface area contributed by atoms with Crippen molar-refractivity contribution in [1.29, 1.82) is 5.26 Å². The van der Waals surface area contributed by atoms with Crippen LogP contribution in [-0.4, -0.2) is 22.8 Å². The first-order chi connectivity index (χ1) is 8.15. The molecule has 17 heavy (non-hydrogen) atoms. The zero-order chi connectivity index (χ0) is 12.4. The van der Waals surface area contributed by atoms with E-state index in [2.05, 4.69) is 6.07 Å². The molecule has 2 amide bonds. The van der Waals surface area contributed by atoms with Crippen LogP contribution >= 0.6 is 0 Å². The third-order valence-corrected chi connectivity index (χ3v) is 3.92. The van der Waals surface area contributed by atoms with Crippen LogP contribution < -0.4 is 0 Å². The monoisotopic (exact) mass is 234 g/mol. The molecule has 0 aromatic carbocycles. The maximum Gasteiger partial charge on any atom is 0.233 e. The summed E-state index contributed by atoms with van der Waals surface area (Å²) in [4.78, 5) is 24.9. The molecule has 4 nitrogen and oxygen atoms in total. The number of amides is 2. The second-order valence-electron chi connectivity index (χ2n) is 5.18. The van der Waals surface area contributed by atoms with Crippen LogP contribution in [0.3, 0.4) is 0 Å². The highest BCUT2D eigenvalue weighted by atomic mass is 16.2. The molecule has 1 aliphatic heterocycles. The van der Waals surface area contributed by atoms with E-state index in [0.717, 1.165) is 25.7 Å². The molecule has 0 aromatic heterocycles. The summed E-state index contributed by atoms with van der Waals surface area (Å²) >= 11 is 0. The van der Waals surface area contributed by atoms with Crippen molar-refractivity contribution in [2.75, 3.05) is 0 Å². The van der Waals surface area contributed by atoms with Gasteiger partial charge in [0.2, 0.25) is 11.8 Å². The fourth-order valence-corrected chi connectivity index (χ4v) is 2.92. The van der Waals surface area contributed by atoms with Crippen LogP contribution in [0, 0.1) is 23.2 Å². The van der Waals surface area contributed by atoms with E-state index >= 15 is 0 Å². The number of rotatable bonds is 2. The van der Waals surface area contributed by atoms with Crippen molar-refractivity contribution in [2.24, 2.45) is 11.8 Å². The van der Waals surface area contributed by atoms with Gasteiger partial charge in [-0.1, -0.05) is 26.2 Å². The lowest BCUT2D eigenvalue weighted by Crippen LogP contribution is -2.44. The predicted molar refractivity (Wildman–Crippen MR) is 61.6 cm³/mol. The van der Waals surface area contributed by atoms with E-state index < -0.39 is 6.04 Å². The van der Waals surface area contributed by atoms with Gasteiger partial charge < -0.3 is 0 Å². The molecule has 1 saturated carbocycles. The van der Waals surface area contributed by atoms with Crippen molar-refractivity contribution in [3.63, 3.8) is 0 Å². The van der Waals surface area contributed by atoms with Crippen LogP contribution in [0.15, 0.2) is 0 Å². The lowest BCUT2D eigenvalue weighted by molar-refractivity contribution is -0.142. The normalized spacial score (nSPS) is 28.2. The van der Waals surface area contributed by atoms with Crippen LogP contribution in [0.5, 0.6) is 0 Å². The van der Waals surface area contributed by atoms with Crippen molar-refractivity contribution in [2.45, 2.75) is 51.5 Å². The highest BCUT2D eigenvalue weighted by Crippen LogP contribution is 2.32. The second-order valence-corrected chi connectivity index (χ2v) is 5.18. The molecule has 2 fully saturated rings. The number of nitriles is 1. The van der Waals surface area contributed by atoms with Gasteiger partial charge in [0.15, 0.2) is 0 Å². The molecule has 92 valence electrons. The van der Waals surface area contributed by atoms with Gasteiger partial charge in [0, 0.05) is 12.3 Å². The lowest BCUT2D eigenvalue weighted by Gasteiger charge is -2.30. The third kappa shape index (κ3) is 2.19. The summed E-state index contributed by atoms with van der Waals surface area (Å²) in [6.45, 7) is 1.76. The minimum absolute atomic E-state index is 0.160. The van der Waals surface area contributed by atoms with Crippen molar-refractivity contribution < 1.29 is 9.59 Å². The Morgan fingerprint density at radius 3 is 2.41 bits per heavy atom. The molecule has 0 N–H and O–H groups in total. The number of likely N-dealkylation sites (tertiary alicyclic amines) is 1. The van der Waals surface area contributed by atoms with Gasteiger partial charge in [0.05, 0.1) is 6.07 Å². The molecule has 1 saturated heterocycles. The molecule has 2 rings (SSSR count). The first-order valence-electron chi connectivity index (χ1n) is 6.40. The van der Waals surface area contributed by atoms with Crippen LogP contribution in [-0.2, 0) is 9.59 Å². The molecule has 1 heterocycles. The van der Waals surface area contributed by atoms with Gasteiger partial charge in [-0.05, 0) is 18.8 Å². The molecular weight excluding hydrogens is 216 g/mol. The summed E-state index contributed by atoms with van der Waals surface area (Å²) in [6, 6.07) is 1.65. The lowest BCUT2D eigenvalue weighted by atomic mass is 9.84. The zero-order valence-electron chi connectivity index (χ0n) is 10.2. The molecule has 2 atom stereocenters. The molecule has 2 aliphatic rings. The number of nitrogens with zero attached hydrogens (tertiary/aromatic N) is 2. The molecule has 1 aliphatic carbocycles. The topological polar surface area (TPSA) is 61.2 Å². The summed E-state index contributed by atoms with van der Waals surface area (Å²) in [5.41, 5.74) is 0. The van der Waals surface area contributed by atoms with Crippen LogP contribution in [0.1, 0.15) is 45.4 Å². The Kier molecular flexibility index (Phi) is 3.46. The van der Waals surface area contributed by atoms with Crippen molar-refractivity contribution in [3.05, 3.63) is 0 Å². The average Bonchev–Trinajstić information content (AvgIpc) is 2.58. The Balaban J connectivity index is 2.15. The summed E-state index contributed by atoms with van der Waals surface area (Å²) in [5, 5.41) is 9.26. The Morgan fingerprint density at radius 2 is 1.94 bits per heavy atom. The molecule has 0 bridgehead atoms. The quantitative estimate of drug-likeness (QED) is 0.685. The number of carbonyl (C=O) groups is 2. The van der Waals surface area contributed by atoms with Gasteiger partial charge in [-0.2, -0.15) is 5.26 Å². The van der Waals surface area contributed by atoms with Crippen LogP contribution in [0.25, 0.3) is 0 Å². The first-order valence-corrected chi connectivity index (χ1v) is 6.40. The average molecular weight is 234 g/mol. The number of hydrogen-bond donors (Lipinski definition) is 0. The minimum atomic E-state index is -0.528. The van der Waals surface area contributed by atoms with E-state index in [1.165, 1.54) is 11.3 Å². The molecule has 0 spiro atoms. The van der Waals surface area contributed by atoms with Gasteiger partial charge in [0.1, 0.15) is 6.04 Å². The molecule has 4 heteroatoms. The summed E-state index contributed by atoms with van der Waals surface area (Å²) in [5.74, 6) is -0.388. The summed E-state index contributed by atoms with van der Waals surface area (Å²) in [6.07, 6.45) is 5.60. The predicted octanol–water partition coefficient (Wildman–Crippen LogP) is 1.85. The summed E-state index contributed by atoms with van der Waals surface area (Å²) < 4.78 is 0. The van der Waals surface area contributed by atoms with Gasteiger partial charge in [-0.3, -0.25) is 14.5 Å². The fourth-order valence-electron chi connectivity index (χ4n) is 2.92. The maximum absolute atomic E-state index is 11.9. The minimum Gasteiger partial charge on any atom is -0.274 e. The third-order valence-electron chi connectivity index (χ3n) is 3.92. The van der Waals surface area contributed by atoms with Gasteiger partial charge in [-0.25, -0.2) is 0 Å². The summed E-state index contributed by atoms with van der Waals surface area (Å²) in [7, 11) is 0. The van der Waals surface area contributed by atoms with E-state index in [1.807, 2.05) is 0 Å². The first kappa shape index (κ1) is 12.1. The van der Waals surface area contributed by atoms with Crippen molar-refractivity contribution in [1.82, 2.24) is 4.90 Å². The SMILES string of the molecule is CC1CC(=O)N(C(C#N)C2CCCCC2)C1=O. The molecule has 0 aromatic rings. The van der Waals surface area contributed by atoms with Crippen molar-refractivity contribution >= 4 is 11.8 Å². The Morgan fingerprint density at radius 1 is 1.29 bits per heavy atom. The van der Waals surface area contributed by atoms with E-state index in [0.29, 0.717) is 0 Å². The zero-order valence-corrected chi connectivity index (χ0v) is 10.2. The largest absolute Gasteiger partial charge is 0.274 e. The number of hydrogen-bond acceptors (Lipinski definition) is 3. The standard InChI is InChI=1S/C13H18N2O2/c1-9-7-12(16)15(13(9)17)11(8-14)10-5-3-2-4-6-10/h9-11H,2-7H2,1H3. The van der Waals surface area contributed by atoms with E-state index in [4.69, 9.17) is 0 Å².